The molecule has 0 bridgehead atoms. The number of hydrogen-bond donors (Lipinski definition) is 1. The molecule has 2 aromatic rings. The van der Waals surface area contributed by atoms with Crippen LogP contribution >= 0.6 is 0 Å². The van der Waals surface area contributed by atoms with Crippen LogP contribution in [0.25, 0.3) is 0 Å². The zero-order valence-electron chi connectivity index (χ0n) is 10.5. The molecule has 0 saturated heterocycles. The van der Waals surface area contributed by atoms with Crippen molar-refractivity contribution < 1.29 is 9.84 Å². The largest absolute Gasteiger partial charge is 0.507 e. The van der Waals surface area contributed by atoms with Gasteiger partial charge in [-0.15, -0.1) is 0 Å². The summed E-state index contributed by atoms with van der Waals surface area (Å²) in [4.78, 5) is 0. The van der Waals surface area contributed by atoms with E-state index in [1.165, 1.54) is 6.21 Å². The summed E-state index contributed by atoms with van der Waals surface area (Å²) < 4.78 is 5.20. The van der Waals surface area contributed by atoms with Crippen molar-refractivity contribution in [1.82, 2.24) is 0 Å². The van der Waals surface area contributed by atoms with Gasteiger partial charge in [-0.3, -0.25) is 0 Å². The molecule has 0 spiro atoms. The van der Waals surface area contributed by atoms with Crippen molar-refractivity contribution >= 4 is 12.4 Å². The van der Waals surface area contributed by atoms with E-state index in [-0.39, 0.29) is 5.75 Å². The summed E-state index contributed by atoms with van der Waals surface area (Å²) in [6.07, 6.45) is 3.11. The van der Waals surface area contributed by atoms with E-state index in [4.69, 9.17) is 4.74 Å². The molecule has 0 fully saturated rings. The molecule has 0 aliphatic rings. The summed E-state index contributed by atoms with van der Waals surface area (Å²) in [6, 6.07) is 14.5. The molecule has 19 heavy (non-hydrogen) atoms. The minimum Gasteiger partial charge on any atom is -0.507 e. The van der Waals surface area contributed by atoms with Crippen LogP contribution in [0.5, 0.6) is 11.5 Å². The predicted octanol–water partition coefficient (Wildman–Crippen LogP) is 2.85. The number of hydrogen-bond acceptors (Lipinski definition) is 4. The molecule has 0 amide bonds. The van der Waals surface area contributed by atoms with Crippen LogP contribution < -0.4 is 4.74 Å². The van der Waals surface area contributed by atoms with Crippen LogP contribution in [0, 0.1) is 0 Å². The molecule has 2 aromatic carbocycles. The first kappa shape index (κ1) is 12.8. The van der Waals surface area contributed by atoms with Crippen molar-refractivity contribution in [2.24, 2.45) is 10.2 Å². The zero-order valence-corrected chi connectivity index (χ0v) is 10.5. The highest BCUT2D eigenvalue weighted by Gasteiger charge is 1.97. The number of phenolic OH excluding ortho intramolecular Hbond substituents is 1. The van der Waals surface area contributed by atoms with Gasteiger partial charge in [0.2, 0.25) is 0 Å². The number of para-hydroxylation sites is 2. The van der Waals surface area contributed by atoms with Gasteiger partial charge in [0.05, 0.1) is 19.5 Å². The zero-order chi connectivity index (χ0) is 13.5. The van der Waals surface area contributed by atoms with E-state index >= 15 is 0 Å². The second-order valence-corrected chi connectivity index (χ2v) is 3.79. The average molecular weight is 254 g/mol. The SMILES string of the molecule is COc1ccccc1/C=N/N=C/c1ccccc1O. The van der Waals surface area contributed by atoms with Crippen LogP contribution in [0.4, 0.5) is 0 Å². The van der Waals surface area contributed by atoms with Gasteiger partial charge in [-0.05, 0) is 24.3 Å². The van der Waals surface area contributed by atoms with E-state index in [1.54, 1.807) is 31.5 Å². The minimum absolute atomic E-state index is 0.179. The van der Waals surface area contributed by atoms with Crippen LogP contribution in [0.3, 0.4) is 0 Å². The monoisotopic (exact) mass is 254 g/mol. The van der Waals surface area contributed by atoms with Gasteiger partial charge in [0.1, 0.15) is 11.5 Å². The van der Waals surface area contributed by atoms with Crippen LogP contribution in [0.15, 0.2) is 58.7 Å². The number of methoxy groups -OCH3 is 1. The third-order valence-corrected chi connectivity index (χ3v) is 2.54. The van der Waals surface area contributed by atoms with Crippen LogP contribution in [0.1, 0.15) is 11.1 Å². The van der Waals surface area contributed by atoms with E-state index in [0.29, 0.717) is 5.56 Å². The molecule has 0 aliphatic carbocycles. The molecule has 96 valence electrons. The quantitative estimate of drug-likeness (QED) is 0.673. The highest BCUT2D eigenvalue weighted by atomic mass is 16.5. The maximum Gasteiger partial charge on any atom is 0.127 e. The van der Waals surface area contributed by atoms with Gasteiger partial charge in [-0.25, -0.2) is 0 Å². The lowest BCUT2D eigenvalue weighted by atomic mass is 10.2. The van der Waals surface area contributed by atoms with E-state index in [2.05, 4.69) is 10.2 Å². The Kier molecular flexibility index (Phi) is 4.29. The average Bonchev–Trinajstić information content (AvgIpc) is 2.45. The van der Waals surface area contributed by atoms with Gasteiger partial charge in [-0.2, -0.15) is 10.2 Å². The van der Waals surface area contributed by atoms with Crippen LogP contribution in [-0.4, -0.2) is 24.6 Å². The molecule has 1 N–H and O–H groups in total. The first-order chi connectivity index (χ1) is 9.31. The summed E-state index contributed by atoms with van der Waals surface area (Å²) >= 11 is 0. The highest BCUT2D eigenvalue weighted by molar-refractivity contribution is 5.86. The van der Waals surface area contributed by atoms with Gasteiger partial charge >= 0.3 is 0 Å². The Morgan fingerprint density at radius 2 is 1.47 bits per heavy atom. The standard InChI is InChI=1S/C15H14N2O2/c1-19-15-9-5-3-7-13(15)11-17-16-10-12-6-2-4-8-14(12)18/h2-11,18H,1H3/b16-10+,17-11+. The number of phenols is 1. The van der Waals surface area contributed by atoms with Gasteiger partial charge in [0.25, 0.3) is 0 Å². The Labute approximate surface area is 111 Å². The van der Waals surface area contributed by atoms with Gasteiger partial charge in [0.15, 0.2) is 0 Å². The molecule has 2 rings (SSSR count). The number of benzene rings is 2. The lowest BCUT2D eigenvalue weighted by Crippen LogP contribution is -1.89. The van der Waals surface area contributed by atoms with Crippen molar-refractivity contribution in [3.63, 3.8) is 0 Å². The number of nitrogens with zero attached hydrogens (tertiary/aromatic N) is 2. The molecule has 0 aliphatic heterocycles. The molecule has 0 radical (unpaired) electrons. The predicted molar refractivity (Wildman–Crippen MR) is 76.3 cm³/mol. The molecule has 0 aromatic heterocycles. The second-order valence-electron chi connectivity index (χ2n) is 3.79. The lowest BCUT2D eigenvalue weighted by molar-refractivity contribution is 0.414. The summed E-state index contributed by atoms with van der Waals surface area (Å²) in [5, 5.41) is 17.4. The molecule has 0 saturated carbocycles. The summed E-state index contributed by atoms with van der Waals surface area (Å²) in [5.41, 5.74) is 1.47. The lowest BCUT2D eigenvalue weighted by Gasteiger charge is -2.01. The van der Waals surface area contributed by atoms with E-state index in [1.807, 2.05) is 30.3 Å². The van der Waals surface area contributed by atoms with E-state index < -0.39 is 0 Å². The summed E-state index contributed by atoms with van der Waals surface area (Å²) in [7, 11) is 1.61. The smallest absolute Gasteiger partial charge is 0.127 e. The maximum absolute atomic E-state index is 9.55. The Hall–Kier alpha value is -2.62. The van der Waals surface area contributed by atoms with Gasteiger partial charge in [0, 0.05) is 11.1 Å². The van der Waals surface area contributed by atoms with Crippen molar-refractivity contribution in [3.05, 3.63) is 59.7 Å². The van der Waals surface area contributed by atoms with Crippen LogP contribution in [0.2, 0.25) is 0 Å². The number of rotatable bonds is 4. The van der Waals surface area contributed by atoms with Crippen molar-refractivity contribution in [3.8, 4) is 11.5 Å². The summed E-state index contributed by atoms with van der Waals surface area (Å²) in [6.45, 7) is 0. The van der Waals surface area contributed by atoms with Gasteiger partial charge in [-0.1, -0.05) is 24.3 Å². The van der Waals surface area contributed by atoms with E-state index in [9.17, 15) is 5.11 Å². The summed E-state index contributed by atoms with van der Waals surface area (Å²) in [5.74, 6) is 0.919. The maximum atomic E-state index is 9.55. The molecule has 4 nitrogen and oxygen atoms in total. The van der Waals surface area contributed by atoms with E-state index in [0.717, 1.165) is 11.3 Å². The Morgan fingerprint density at radius 3 is 2.16 bits per heavy atom. The molecular weight excluding hydrogens is 240 g/mol. The normalized spacial score (nSPS) is 11.2. The fourth-order valence-electron chi connectivity index (χ4n) is 1.56. The molecule has 4 heteroatoms. The van der Waals surface area contributed by atoms with Gasteiger partial charge < -0.3 is 9.84 Å². The fraction of sp³-hybridized carbons (Fsp3) is 0.0667. The number of aromatic hydroxyl groups is 1. The fourth-order valence-corrected chi connectivity index (χ4v) is 1.56. The Balaban J connectivity index is 2.10. The van der Waals surface area contributed by atoms with Crippen molar-refractivity contribution in [1.29, 1.82) is 0 Å². The van der Waals surface area contributed by atoms with Crippen LogP contribution in [-0.2, 0) is 0 Å². The first-order valence-corrected chi connectivity index (χ1v) is 5.78. The Bertz CT molecular complexity index is 607. The van der Waals surface area contributed by atoms with Crippen molar-refractivity contribution in [2.75, 3.05) is 7.11 Å². The Morgan fingerprint density at radius 1 is 0.895 bits per heavy atom. The first-order valence-electron chi connectivity index (χ1n) is 5.78. The van der Waals surface area contributed by atoms with Crippen molar-refractivity contribution in [2.45, 2.75) is 0 Å². The highest BCUT2D eigenvalue weighted by Crippen LogP contribution is 2.15. The topological polar surface area (TPSA) is 54.2 Å². The molecule has 0 heterocycles. The molecular formula is C15H14N2O2. The number of ether oxygens (including phenoxy) is 1. The molecule has 0 atom stereocenters. The molecule has 0 unspecified atom stereocenters. The minimum atomic E-state index is 0.179. The third-order valence-electron chi connectivity index (χ3n) is 2.54. The second kappa shape index (κ2) is 6.35. The third kappa shape index (κ3) is 3.42.